The number of fused-ring (bicyclic) bond motifs is 1. The van der Waals surface area contributed by atoms with Crippen molar-refractivity contribution < 1.29 is 24.0 Å². The number of piperidine rings is 1. The quantitative estimate of drug-likeness (QED) is 0.268. The van der Waals surface area contributed by atoms with Gasteiger partial charge in [-0.05, 0) is 54.5 Å². The van der Waals surface area contributed by atoms with E-state index in [2.05, 4.69) is 10.1 Å². The van der Waals surface area contributed by atoms with E-state index in [4.69, 9.17) is 9.57 Å². The van der Waals surface area contributed by atoms with Gasteiger partial charge in [0.25, 0.3) is 0 Å². The summed E-state index contributed by atoms with van der Waals surface area (Å²) in [5.74, 6) is -0.855. The van der Waals surface area contributed by atoms with Crippen LogP contribution in [0.15, 0.2) is 78.2 Å². The number of amides is 1. The van der Waals surface area contributed by atoms with E-state index < -0.39 is 5.92 Å². The lowest BCUT2D eigenvalue weighted by Crippen LogP contribution is -2.40. The van der Waals surface area contributed by atoms with Crippen molar-refractivity contribution in [2.75, 3.05) is 20.2 Å². The van der Waals surface area contributed by atoms with Gasteiger partial charge in [0.1, 0.15) is 19.5 Å². The number of ketones is 2. The standard InChI is InChI=1S/C32H33N3O5/c1-39-34-29-10-8-25-19-26(7-9-27(25)29)28(31(37)24-11-15-33-16-12-24)20-30(36)23-13-17-35(18-14-23)32(38)40-21-22-5-3-2-4-6-22/h2-7,9,11-12,15-16,19,23,28H,8,10,13-14,17-18,20-21H2,1H3/b34-29-. The summed E-state index contributed by atoms with van der Waals surface area (Å²) in [6.45, 7) is 1.12. The molecule has 1 aliphatic heterocycles. The van der Waals surface area contributed by atoms with Gasteiger partial charge in [-0.3, -0.25) is 14.6 Å². The Labute approximate surface area is 234 Å². The number of aromatic nitrogens is 1. The minimum atomic E-state index is -0.600. The Bertz CT molecular complexity index is 1380. The van der Waals surface area contributed by atoms with Crippen LogP contribution in [0.25, 0.3) is 0 Å². The van der Waals surface area contributed by atoms with Gasteiger partial charge in [-0.1, -0.05) is 53.7 Å². The van der Waals surface area contributed by atoms with Crippen LogP contribution in [0, 0.1) is 5.92 Å². The molecule has 0 radical (unpaired) electrons. The first kappa shape index (κ1) is 27.2. The predicted octanol–water partition coefficient (Wildman–Crippen LogP) is 5.35. The van der Waals surface area contributed by atoms with E-state index in [1.807, 2.05) is 48.5 Å². The summed E-state index contributed by atoms with van der Waals surface area (Å²) in [7, 11) is 1.53. The molecule has 1 amide bonds. The van der Waals surface area contributed by atoms with Crippen LogP contribution in [-0.4, -0.2) is 53.5 Å². The Morgan fingerprint density at radius 1 is 1.00 bits per heavy atom. The van der Waals surface area contributed by atoms with E-state index in [0.717, 1.165) is 40.8 Å². The number of oxime groups is 1. The number of hydrogen-bond acceptors (Lipinski definition) is 7. The smallest absolute Gasteiger partial charge is 0.410 e. The predicted molar refractivity (Wildman–Crippen MR) is 150 cm³/mol. The number of pyridine rings is 1. The number of benzene rings is 2. The highest BCUT2D eigenvalue weighted by atomic mass is 16.6. The molecule has 8 heteroatoms. The molecule has 1 unspecified atom stereocenters. The summed E-state index contributed by atoms with van der Waals surface area (Å²) in [5.41, 5.74) is 5.32. The highest BCUT2D eigenvalue weighted by molar-refractivity contribution is 6.05. The van der Waals surface area contributed by atoms with E-state index in [9.17, 15) is 14.4 Å². The first-order valence-corrected chi connectivity index (χ1v) is 13.7. The van der Waals surface area contributed by atoms with Crippen LogP contribution in [0.3, 0.4) is 0 Å². The third-order valence-corrected chi connectivity index (χ3v) is 7.78. The van der Waals surface area contributed by atoms with Gasteiger partial charge in [0.15, 0.2) is 5.78 Å². The van der Waals surface area contributed by atoms with E-state index in [1.165, 1.54) is 7.11 Å². The van der Waals surface area contributed by atoms with Gasteiger partial charge in [0.05, 0.1) is 11.6 Å². The molecule has 2 aromatic carbocycles. The van der Waals surface area contributed by atoms with Gasteiger partial charge in [0.2, 0.25) is 0 Å². The molecule has 206 valence electrons. The van der Waals surface area contributed by atoms with E-state index >= 15 is 0 Å². The summed E-state index contributed by atoms with van der Waals surface area (Å²) in [5, 5.41) is 4.13. The van der Waals surface area contributed by atoms with Gasteiger partial charge in [-0.25, -0.2) is 4.79 Å². The molecule has 0 N–H and O–H groups in total. The van der Waals surface area contributed by atoms with Gasteiger partial charge in [-0.15, -0.1) is 0 Å². The highest BCUT2D eigenvalue weighted by Crippen LogP contribution is 2.32. The zero-order valence-electron chi connectivity index (χ0n) is 22.6. The topological polar surface area (TPSA) is 98.2 Å². The molecule has 40 heavy (non-hydrogen) atoms. The van der Waals surface area contributed by atoms with Crippen LogP contribution in [0.1, 0.15) is 64.2 Å². The fourth-order valence-electron chi connectivity index (χ4n) is 5.55. The molecule has 2 heterocycles. The van der Waals surface area contributed by atoms with Crippen molar-refractivity contribution in [2.24, 2.45) is 11.1 Å². The van der Waals surface area contributed by atoms with Crippen LogP contribution < -0.4 is 0 Å². The monoisotopic (exact) mass is 539 g/mol. The van der Waals surface area contributed by atoms with Gasteiger partial charge in [-0.2, -0.15) is 0 Å². The van der Waals surface area contributed by atoms with Crippen LogP contribution in [-0.2, 0) is 27.4 Å². The lowest BCUT2D eigenvalue weighted by molar-refractivity contribution is -0.124. The molecule has 8 nitrogen and oxygen atoms in total. The van der Waals surface area contributed by atoms with Crippen molar-refractivity contribution >= 4 is 23.4 Å². The van der Waals surface area contributed by atoms with Crippen molar-refractivity contribution in [3.8, 4) is 0 Å². The zero-order chi connectivity index (χ0) is 27.9. The number of nitrogens with zero attached hydrogens (tertiary/aromatic N) is 3. The molecule has 1 aliphatic carbocycles. The summed E-state index contributed by atoms with van der Waals surface area (Å²) in [6, 6.07) is 18.9. The molecule has 1 aromatic heterocycles. The summed E-state index contributed by atoms with van der Waals surface area (Å²) in [4.78, 5) is 50.4. The number of likely N-dealkylation sites (tertiary alicyclic amines) is 1. The number of ether oxygens (including phenoxy) is 1. The largest absolute Gasteiger partial charge is 0.445 e. The summed E-state index contributed by atoms with van der Waals surface area (Å²) in [6.07, 6.45) is 5.63. The highest BCUT2D eigenvalue weighted by Gasteiger charge is 2.33. The number of rotatable bonds is 9. The third-order valence-electron chi connectivity index (χ3n) is 7.78. The second-order valence-corrected chi connectivity index (χ2v) is 10.3. The fourth-order valence-corrected chi connectivity index (χ4v) is 5.55. The van der Waals surface area contributed by atoms with Crippen molar-refractivity contribution in [1.29, 1.82) is 0 Å². The third kappa shape index (κ3) is 6.28. The second kappa shape index (κ2) is 12.7. The van der Waals surface area contributed by atoms with Crippen molar-refractivity contribution in [1.82, 2.24) is 9.88 Å². The molecule has 2 aliphatic rings. The minimum absolute atomic E-state index is 0.0480. The van der Waals surface area contributed by atoms with E-state index in [-0.39, 0.29) is 36.6 Å². The van der Waals surface area contributed by atoms with Crippen LogP contribution in [0.5, 0.6) is 0 Å². The van der Waals surface area contributed by atoms with Crippen molar-refractivity contribution in [3.63, 3.8) is 0 Å². The first-order chi connectivity index (χ1) is 19.5. The molecule has 0 spiro atoms. The maximum Gasteiger partial charge on any atom is 0.410 e. The summed E-state index contributed by atoms with van der Waals surface area (Å²) < 4.78 is 5.46. The Balaban J connectivity index is 1.26. The van der Waals surface area contributed by atoms with Crippen LogP contribution >= 0.6 is 0 Å². The molecule has 0 saturated carbocycles. The Kier molecular flexibility index (Phi) is 8.64. The summed E-state index contributed by atoms with van der Waals surface area (Å²) >= 11 is 0. The lowest BCUT2D eigenvalue weighted by Gasteiger charge is -2.31. The lowest BCUT2D eigenvalue weighted by atomic mass is 9.81. The SMILES string of the molecule is CO/N=C1/CCc2cc(C(CC(=O)C3CCN(C(=O)OCc4ccccc4)CC3)C(=O)c3ccncc3)ccc21. The van der Waals surface area contributed by atoms with Crippen molar-refractivity contribution in [3.05, 3.63) is 101 Å². The normalized spacial score (nSPS) is 16.8. The molecule has 1 saturated heterocycles. The molecule has 3 aromatic rings. The maximum absolute atomic E-state index is 13.7. The number of Topliss-reactive ketones (excluding diaryl/α,β-unsaturated/α-hetero) is 2. The average molecular weight is 540 g/mol. The van der Waals surface area contributed by atoms with Crippen molar-refractivity contribution in [2.45, 2.75) is 44.6 Å². The molecular formula is C32H33N3O5. The molecule has 1 atom stereocenters. The second-order valence-electron chi connectivity index (χ2n) is 10.3. The van der Waals surface area contributed by atoms with Crippen LogP contribution in [0.4, 0.5) is 4.79 Å². The Hall–Kier alpha value is -4.33. The Morgan fingerprint density at radius 3 is 2.48 bits per heavy atom. The zero-order valence-corrected chi connectivity index (χ0v) is 22.6. The first-order valence-electron chi connectivity index (χ1n) is 13.7. The number of carbonyl (C=O) groups is 3. The fraction of sp³-hybridized carbons (Fsp3) is 0.344. The molecule has 5 rings (SSSR count). The number of hydrogen-bond donors (Lipinski definition) is 0. The van der Waals surface area contributed by atoms with Gasteiger partial charge in [0, 0.05) is 48.9 Å². The minimum Gasteiger partial charge on any atom is -0.445 e. The molecule has 1 fully saturated rings. The van der Waals surface area contributed by atoms with Gasteiger partial charge < -0.3 is 14.5 Å². The average Bonchev–Trinajstić information content (AvgIpc) is 3.41. The van der Waals surface area contributed by atoms with Crippen LogP contribution in [0.2, 0.25) is 0 Å². The maximum atomic E-state index is 13.7. The molecular weight excluding hydrogens is 506 g/mol. The Morgan fingerprint density at radius 2 is 1.75 bits per heavy atom. The number of aryl methyl sites for hydroxylation is 1. The molecule has 0 bridgehead atoms. The van der Waals surface area contributed by atoms with Gasteiger partial charge >= 0.3 is 6.09 Å². The van der Waals surface area contributed by atoms with E-state index in [0.29, 0.717) is 31.5 Å². The van der Waals surface area contributed by atoms with E-state index in [1.54, 1.807) is 29.4 Å². The number of carbonyl (C=O) groups excluding carboxylic acids is 3.